The van der Waals surface area contributed by atoms with Crippen LogP contribution in [0.4, 0.5) is 5.82 Å². The third kappa shape index (κ3) is 3.08. The molecule has 4 heteroatoms. The lowest BCUT2D eigenvalue weighted by Crippen LogP contribution is -2.05. The summed E-state index contributed by atoms with van der Waals surface area (Å²) in [5.74, 6) is 2.65. The van der Waals surface area contributed by atoms with Gasteiger partial charge in [-0.25, -0.2) is 4.98 Å². The zero-order chi connectivity index (χ0) is 18.1. The normalized spacial score (nSPS) is 13.5. The lowest BCUT2D eigenvalue weighted by atomic mass is 9.96. The van der Waals surface area contributed by atoms with Crippen molar-refractivity contribution in [3.05, 3.63) is 77.6 Å². The standard InChI is InChI=1S/C23H21N3O/c1-3-9-16(10-4-1)15-24-22-20-18-13-7-8-14-19(18)27-23(20)26-21(25-22)17-11-5-2-6-12-17/h1-6,9-12H,7-8,13-15H2,(H,24,25,26). The van der Waals surface area contributed by atoms with Crippen molar-refractivity contribution in [3.63, 3.8) is 0 Å². The maximum Gasteiger partial charge on any atom is 0.232 e. The minimum absolute atomic E-state index is 0.699. The summed E-state index contributed by atoms with van der Waals surface area (Å²) in [6, 6.07) is 20.5. The number of aryl methyl sites for hydroxylation is 2. The lowest BCUT2D eigenvalue weighted by molar-refractivity contribution is 0.500. The molecule has 0 spiro atoms. The Hall–Kier alpha value is -3.14. The van der Waals surface area contributed by atoms with E-state index in [4.69, 9.17) is 14.4 Å². The van der Waals surface area contributed by atoms with E-state index in [9.17, 15) is 0 Å². The molecule has 0 radical (unpaired) electrons. The lowest BCUT2D eigenvalue weighted by Gasteiger charge is -2.12. The summed E-state index contributed by atoms with van der Waals surface area (Å²) in [6.07, 6.45) is 4.40. The van der Waals surface area contributed by atoms with Gasteiger partial charge in [0.1, 0.15) is 11.6 Å². The Kier molecular flexibility index (Phi) is 4.09. The van der Waals surface area contributed by atoms with E-state index in [1.165, 1.54) is 24.0 Å². The molecule has 0 atom stereocenters. The maximum absolute atomic E-state index is 6.15. The van der Waals surface area contributed by atoms with Crippen LogP contribution in [0.25, 0.3) is 22.5 Å². The second-order valence-electron chi connectivity index (χ2n) is 6.99. The number of furan rings is 1. The van der Waals surface area contributed by atoms with E-state index < -0.39 is 0 Å². The first kappa shape index (κ1) is 16.1. The number of nitrogens with zero attached hydrogens (tertiary/aromatic N) is 2. The fourth-order valence-electron chi connectivity index (χ4n) is 3.78. The average Bonchev–Trinajstić information content (AvgIpc) is 3.12. The molecule has 0 bridgehead atoms. The maximum atomic E-state index is 6.15. The molecule has 0 amide bonds. The van der Waals surface area contributed by atoms with Crippen molar-refractivity contribution >= 4 is 16.9 Å². The van der Waals surface area contributed by atoms with Gasteiger partial charge in [0.15, 0.2) is 5.82 Å². The van der Waals surface area contributed by atoms with Crippen molar-refractivity contribution in [3.8, 4) is 11.4 Å². The van der Waals surface area contributed by atoms with Crippen molar-refractivity contribution in [2.45, 2.75) is 32.2 Å². The van der Waals surface area contributed by atoms with E-state index in [0.29, 0.717) is 11.5 Å². The molecule has 0 saturated heterocycles. The third-order valence-electron chi connectivity index (χ3n) is 5.15. The topological polar surface area (TPSA) is 51.0 Å². The van der Waals surface area contributed by atoms with Crippen LogP contribution < -0.4 is 5.32 Å². The molecule has 4 aromatic rings. The van der Waals surface area contributed by atoms with Crippen LogP contribution in [-0.2, 0) is 19.4 Å². The molecule has 1 N–H and O–H groups in total. The van der Waals surface area contributed by atoms with Gasteiger partial charge >= 0.3 is 0 Å². The summed E-state index contributed by atoms with van der Waals surface area (Å²) >= 11 is 0. The molecule has 2 aromatic carbocycles. The number of benzene rings is 2. The smallest absolute Gasteiger partial charge is 0.232 e. The number of hydrogen-bond acceptors (Lipinski definition) is 4. The second kappa shape index (κ2) is 6.88. The van der Waals surface area contributed by atoms with Gasteiger partial charge in [-0.3, -0.25) is 0 Å². The summed E-state index contributed by atoms with van der Waals surface area (Å²) in [5, 5.41) is 4.60. The van der Waals surface area contributed by atoms with Crippen molar-refractivity contribution in [1.82, 2.24) is 9.97 Å². The highest BCUT2D eigenvalue weighted by molar-refractivity contribution is 5.91. The third-order valence-corrected chi connectivity index (χ3v) is 5.15. The van der Waals surface area contributed by atoms with Crippen molar-refractivity contribution < 1.29 is 4.42 Å². The van der Waals surface area contributed by atoms with Gasteiger partial charge in [-0.05, 0) is 24.8 Å². The number of hydrogen-bond donors (Lipinski definition) is 1. The van der Waals surface area contributed by atoms with Gasteiger partial charge in [0, 0.05) is 24.1 Å². The van der Waals surface area contributed by atoms with Crippen LogP contribution in [-0.4, -0.2) is 9.97 Å². The Labute approximate surface area is 158 Å². The number of rotatable bonds is 4. The summed E-state index contributed by atoms with van der Waals surface area (Å²) in [5.41, 5.74) is 4.21. The van der Waals surface area contributed by atoms with Crippen LogP contribution in [0.5, 0.6) is 0 Å². The van der Waals surface area contributed by atoms with Gasteiger partial charge in [-0.1, -0.05) is 60.7 Å². The highest BCUT2D eigenvalue weighted by Gasteiger charge is 2.23. The van der Waals surface area contributed by atoms with Crippen molar-refractivity contribution in [2.24, 2.45) is 0 Å². The molecule has 4 nitrogen and oxygen atoms in total. The van der Waals surface area contributed by atoms with E-state index in [2.05, 4.69) is 29.6 Å². The molecule has 27 heavy (non-hydrogen) atoms. The molecule has 134 valence electrons. The van der Waals surface area contributed by atoms with Crippen LogP contribution in [0.15, 0.2) is 65.1 Å². The van der Waals surface area contributed by atoms with Gasteiger partial charge in [-0.2, -0.15) is 4.98 Å². The summed E-state index contributed by atoms with van der Waals surface area (Å²) < 4.78 is 6.15. The molecule has 2 heterocycles. The Morgan fingerprint density at radius 3 is 2.41 bits per heavy atom. The van der Waals surface area contributed by atoms with Gasteiger partial charge in [0.05, 0.1) is 5.39 Å². The van der Waals surface area contributed by atoms with Gasteiger partial charge < -0.3 is 9.73 Å². The minimum atomic E-state index is 0.699. The fourth-order valence-corrected chi connectivity index (χ4v) is 3.78. The summed E-state index contributed by atoms with van der Waals surface area (Å²) in [6.45, 7) is 0.723. The van der Waals surface area contributed by atoms with Crippen LogP contribution >= 0.6 is 0 Å². The van der Waals surface area contributed by atoms with Crippen LogP contribution in [0.3, 0.4) is 0 Å². The van der Waals surface area contributed by atoms with Crippen LogP contribution in [0, 0.1) is 0 Å². The van der Waals surface area contributed by atoms with E-state index in [1.54, 1.807) is 0 Å². The second-order valence-corrected chi connectivity index (χ2v) is 6.99. The molecule has 2 aromatic heterocycles. The largest absolute Gasteiger partial charge is 0.442 e. The van der Waals surface area contributed by atoms with E-state index in [1.807, 2.05) is 36.4 Å². The zero-order valence-electron chi connectivity index (χ0n) is 15.1. The molecule has 1 aliphatic rings. The molecule has 0 saturated carbocycles. The molecule has 0 aliphatic heterocycles. The fraction of sp³-hybridized carbons (Fsp3) is 0.217. The molecular formula is C23H21N3O. The zero-order valence-corrected chi connectivity index (χ0v) is 15.1. The van der Waals surface area contributed by atoms with Crippen LogP contribution in [0.2, 0.25) is 0 Å². The average molecular weight is 355 g/mol. The Morgan fingerprint density at radius 1 is 0.852 bits per heavy atom. The van der Waals surface area contributed by atoms with E-state index >= 15 is 0 Å². The number of fused-ring (bicyclic) bond motifs is 3. The van der Waals surface area contributed by atoms with E-state index in [-0.39, 0.29) is 0 Å². The molecule has 0 unspecified atom stereocenters. The van der Waals surface area contributed by atoms with Gasteiger partial charge in [-0.15, -0.1) is 0 Å². The Balaban J connectivity index is 1.62. The summed E-state index contributed by atoms with van der Waals surface area (Å²) in [4.78, 5) is 9.63. The number of aromatic nitrogens is 2. The highest BCUT2D eigenvalue weighted by atomic mass is 16.3. The SMILES string of the molecule is c1ccc(CNc2nc(-c3ccccc3)nc3oc4c(c23)CCCC4)cc1. The number of anilines is 1. The van der Waals surface area contributed by atoms with Crippen molar-refractivity contribution in [2.75, 3.05) is 5.32 Å². The predicted octanol–water partition coefficient (Wildman–Crippen LogP) is 5.38. The minimum Gasteiger partial charge on any atom is -0.442 e. The summed E-state index contributed by atoms with van der Waals surface area (Å²) in [7, 11) is 0. The molecular weight excluding hydrogens is 334 g/mol. The van der Waals surface area contributed by atoms with Crippen molar-refractivity contribution in [1.29, 1.82) is 0 Å². The molecule has 5 rings (SSSR count). The van der Waals surface area contributed by atoms with E-state index in [0.717, 1.165) is 41.9 Å². The monoisotopic (exact) mass is 355 g/mol. The quantitative estimate of drug-likeness (QED) is 0.534. The first-order valence-corrected chi connectivity index (χ1v) is 9.54. The highest BCUT2D eigenvalue weighted by Crippen LogP contribution is 2.36. The van der Waals surface area contributed by atoms with Crippen LogP contribution in [0.1, 0.15) is 29.7 Å². The Morgan fingerprint density at radius 2 is 1.59 bits per heavy atom. The Bertz CT molecular complexity index is 1070. The molecule has 1 aliphatic carbocycles. The first-order chi connectivity index (χ1) is 13.4. The van der Waals surface area contributed by atoms with Gasteiger partial charge in [0.25, 0.3) is 0 Å². The van der Waals surface area contributed by atoms with Gasteiger partial charge in [0.2, 0.25) is 5.71 Å². The number of nitrogens with one attached hydrogen (secondary N) is 1. The first-order valence-electron chi connectivity index (χ1n) is 9.54. The molecule has 0 fully saturated rings. The predicted molar refractivity (Wildman–Crippen MR) is 108 cm³/mol.